The summed E-state index contributed by atoms with van der Waals surface area (Å²) in [6.45, 7) is -0.207. The summed E-state index contributed by atoms with van der Waals surface area (Å²) in [5.74, 6) is 0.289. The first-order chi connectivity index (χ1) is 4.34. The van der Waals surface area contributed by atoms with E-state index in [4.69, 9.17) is 14.9 Å². The van der Waals surface area contributed by atoms with Gasteiger partial charge in [0.25, 0.3) is 0 Å². The summed E-state index contributed by atoms with van der Waals surface area (Å²) in [5, 5.41) is 17.2. The van der Waals surface area contributed by atoms with E-state index in [0.29, 0.717) is 0 Å². The Morgan fingerprint density at radius 1 is 1.78 bits per heavy atom. The topological polar surface area (TPSA) is 58.9 Å². The van der Waals surface area contributed by atoms with Gasteiger partial charge in [-0.15, -0.1) is 0 Å². The minimum atomic E-state index is -0.938. The Morgan fingerprint density at radius 2 is 2.56 bits per heavy atom. The number of ether oxygens (including phenoxy) is 2. The highest BCUT2D eigenvalue weighted by Crippen LogP contribution is 2.09. The lowest BCUT2D eigenvalue weighted by atomic mass is 10.3. The summed E-state index contributed by atoms with van der Waals surface area (Å²) in [6, 6.07) is 0. The molecule has 0 saturated carbocycles. The highest BCUT2D eigenvalue weighted by atomic mass is 16.7. The van der Waals surface area contributed by atoms with Crippen molar-refractivity contribution in [1.82, 2.24) is 0 Å². The van der Waals surface area contributed by atoms with Crippen LogP contribution in [0.2, 0.25) is 0 Å². The SMILES string of the molecule is OCC(O)C1=COCO1. The van der Waals surface area contributed by atoms with Gasteiger partial charge in [0.15, 0.2) is 5.76 Å². The van der Waals surface area contributed by atoms with E-state index in [1.807, 2.05) is 0 Å². The summed E-state index contributed by atoms with van der Waals surface area (Å²) in [6.07, 6.45) is 0.355. The highest BCUT2D eigenvalue weighted by Gasteiger charge is 2.14. The van der Waals surface area contributed by atoms with Crippen molar-refractivity contribution >= 4 is 0 Å². The van der Waals surface area contributed by atoms with Crippen molar-refractivity contribution < 1.29 is 19.7 Å². The molecule has 1 rings (SSSR count). The van der Waals surface area contributed by atoms with Crippen molar-refractivity contribution in [2.75, 3.05) is 13.4 Å². The van der Waals surface area contributed by atoms with Gasteiger partial charge in [0.1, 0.15) is 12.4 Å². The molecule has 0 radical (unpaired) electrons. The Morgan fingerprint density at radius 3 is 3.00 bits per heavy atom. The Hall–Kier alpha value is -0.740. The quantitative estimate of drug-likeness (QED) is 0.515. The molecule has 9 heavy (non-hydrogen) atoms. The zero-order valence-corrected chi connectivity index (χ0v) is 4.78. The van der Waals surface area contributed by atoms with E-state index < -0.39 is 6.10 Å². The molecule has 1 heterocycles. The fourth-order valence-corrected chi connectivity index (χ4v) is 0.517. The molecule has 4 heteroatoms. The maximum Gasteiger partial charge on any atom is 0.230 e. The van der Waals surface area contributed by atoms with Crippen molar-refractivity contribution in [2.24, 2.45) is 0 Å². The number of aliphatic hydroxyl groups is 2. The predicted octanol–water partition coefficient (Wildman–Crippen LogP) is -0.815. The van der Waals surface area contributed by atoms with E-state index in [1.165, 1.54) is 6.26 Å². The van der Waals surface area contributed by atoms with Crippen LogP contribution in [0.4, 0.5) is 0 Å². The van der Waals surface area contributed by atoms with Crippen LogP contribution in [-0.4, -0.2) is 29.7 Å². The Kier molecular flexibility index (Phi) is 1.92. The second kappa shape index (κ2) is 2.70. The molecule has 0 fully saturated rings. The molecule has 0 bridgehead atoms. The molecule has 1 unspecified atom stereocenters. The molecule has 0 aliphatic carbocycles. The normalized spacial score (nSPS) is 20.0. The molecule has 0 amide bonds. The number of rotatable bonds is 2. The van der Waals surface area contributed by atoms with Crippen LogP contribution in [-0.2, 0) is 9.47 Å². The van der Waals surface area contributed by atoms with E-state index >= 15 is 0 Å². The van der Waals surface area contributed by atoms with E-state index in [2.05, 4.69) is 4.74 Å². The summed E-state index contributed by atoms with van der Waals surface area (Å²) in [7, 11) is 0. The third-order valence-electron chi connectivity index (χ3n) is 0.994. The fourth-order valence-electron chi connectivity index (χ4n) is 0.517. The van der Waals surface area contributed by atoms with Crippen LogP contribution in [0.3, 0.4) is 0 Å². The summed E-state index contributed by atoms with van der Waals surface area (Å²) < 4.78 is 9.36. The van der Waals surface area contributed by atoms with Gasteiger partial charge in [-0.2, -0.15) is 0 Å². The van der Waals surface area contributed by atoms with Crippen molar-refractivity contribution in [3.05, 3.63) is 12.0 Å². The first-order valence-electron chi connectivity index (χ1n) is 2.58. The van der Waals surface area contributed by atoms with Crippen molar-refractivity contribution in [2.45, 2.75) is 6.10 Å². The van der Waals surface area contributed by atoms with Crippen LogP contribution < -0.4 is 0 Å². The predicted molar refractivity (Wildman–Crippen MR) is 28.2 cm³/mol. The van der Waals surface area contributed by atoms with Crippen molar-refractivity contribution in [3.8, 4) is 0 Å². The van der Waals surface area contributed by atoms with Gasteiger partial charge in [0.05, 0.1) is 6.61 Å². The molecule has 0 aromatic carbocycles. The van der Waals surface area contributed by atoms with Gasteiger partial charge in [0, 0.05) is 0 Å². The lowest BCUT2D eigenvalue weighted by molar-refractivity contribution is 0.0323. The standard InChI is InChI=1S/C5H8O4/c6-1-4(7)5-2-8-3-9-5/h2,4,6-7H,1,3H2. The van der Waals surface area contributed by atoms with Crippen LogP contribution in [0.15, 0.2) is 12.0 Å². The molecule has 52 valence electrons. The highest BCUT2D eigenvalue weighted by molar-refractivity contribution is 4.97. The fraction of sp³-hybridized carbons (Fsp3) is 0.600. The van der Waals surface area contributed by atoms with Gasteiger partial charge in [-0.1, -0.05) is 0 Å². The molecule has 0 aromatic heterocycles. The van der Waals surface area contributed by atoms with Gasteiger partial charge in [-0.3, -0.25) is 0 Å². The third kappa shape index (κ3) is 1.34. The smallest absolute Gasteiger partial charge is 0.230 e. The zero-order valence-electron chi connectivity index (χ0n) is 4.78. The molecule has 1 aliphatic rings. The van der Waals surface area contributed by atoms with Crippen LogP contribution in [0, 0.1) is 0 Å². The minimum Gasteiger partial charge on any atom is -0.462 e. The molecule has 1 atom stereocenters. The number of hydrogen-bond acceptors (Lipinski definition) is 4. The van der Waals surface area contributed by atoms with E-state index in [-0.39, 0.29) is 19.2 Å². The first kappa shape index (κ1) is 6.38. The van der Waals surface area contributed by atoms with Gasteiger partial charge in [-0.05, 0) is 0 Å². The van der Waals surface area contributed by atoms with Gasteiger partial charge >= 0.3 is 0 Å². The van der Waals surface area contributed by atoms with E-state index in [9.17, 15) is 0 Å². The van der Waals surface area contributed by atoms with E-state index in [1.54, 1.807) is 0 Å². The van der Waals surface area contributed by atoms with Gasteiger partial charge in [-0.25, -0.2) is 0 Å². The second-order valence-corrected chi connectivity index (χ2v) is 1.65. The molecular formula is C5H8O4. The Balaban J connectivity index is 2.40. The summed E-state index contributed by atoms with van der Waals surface area (Å²) in [4.78, 5) is 0. The van der Waals surface area contributed by atoms with Crippen molar-refractivity contribution in [1.29, 1.82) is 0 Å². The largest absolute Gasteiger partial charge is 0.462 e. The molecular weight excluding hydrogens is 124 g/mol. The molecule has 0 aromatic rings. The maximum atomic E-state index is 8.83. The van der Waals surface area contributed by atoms with Gasteiger partial charge in [0.2, 0.25) is 6.79 Å². The number of aliphatic hydroxyl groups excluding tert-OH is 2. The molecule has 0 spiro atoms. The Labute approximate surface area is 52.3 Å². The molecule has 4 nitrogen and oxygen atoms in total. The summed E-state index contributed by atoms with van der Waals surface area (Å²) in [5.41, 5.74) is 0. The van der Waals surface area contributed by atoms with Crippen molar-refractivity contribution in [3.63, 3.8) is 0 Å². The first-order valence-corrected chi connectivity index (χ1v) is 2.58. The van der Waals surface area contributed by atoms with Gasteiger partial charge < -0.3 is 19.7 Å². The summed E-state index contributed by atoms with van der Waals surface area (Å²) >= 11 is 0. The zero-order chi connectivity index (χ0) is 6.69. The van der Waals surface area contributed by atoms with Crippen LogP contribution in [0.25, 0.3) is 0 Å². The average molecular weight is 132 g/mol. The third-order valence-corrected chi connectivity index (χ3v) is 0.994. The maximum absolute atomic E-state index is 8.83. The molecule has 0 saturated heterocycles. The number of hydrogen-bond donors (Lipinski definition) is 2. The lowest BCUT2D eigenvalue weighted by Gasteiger charge is -2.04. The molecule has 2 N–H and O–H groups in total. The minimum absolute atomic E-state index is 0.131. The van der Waals surface area contributed by atoms with Crippen LogP contribution in [0.5, 0.6) is 0 Å². The van der Waals surface area contributed by atoms with Crippen LogP contribution in [0.1, 0.15) is 0 Å². The Bertz CT molecular complexity index is 120. The van der Waals surface area contributed by atoms with E-state index in [0.717, 1.165) is 0 Å². The second-order valence-electron chi connectivity index (χ2n) is 1.65. The monoisotopic (exact) mass is 132 g/mol. The lowest BCUT2D eigenvalue weighted by Crippen LogP contribution is -2.15. The van der Waals surface area contributed by atoms with Crippen LogP contribution >= 0.6 is 0 Å². The molecule has 1 aliphatic heterocycles. The average Bonchev–Trinajstić information content (AvgIpc) is 2.37.